The lowest BCUT2D eigenvalue weighted by Crippen LogP contribution is -2.43. The fraction of sp³-hybridized carbons (Fsp3) is 0.167. The number of ether oxygens (including phenoxy) is 1. The Morgan fingerprint density at radius 2 is 1.50 bits per heavy atom. The highest BCUT2D eigenvalue weighted by Crippen LogP contribution is 2.14. The summed E-state index contributed by atoms with van der Waals surface area (Å²) in [6.07, 6.45) is 0. The average Bonchev–Trinajstić information content (AvgIpc) is 2.70. The number of benzene rings is 2. The zero-order valence-corrected chi connectivity index (χ0v) is 16.0. The minimum atomic E-state index is -3.61. The van der Waals surface area contributed by atoms with Crippen LogP contribution in [0, 0.1) is 0 Å². The summed E-state index contributed by atoms with van der Waals surface area (Å²) in [5.74, 6) is -2.05. The van der Waals surface area contributed by atoms with Crippen molar-refractivity contribution < 1.29 is 27.5 Å². The molecule has 2 rings (SSSR count). The topological polar surface area (TPSA) is 122 Å². The van der Waals surface area contributed by atoms with Crippen LogP contribution in [0.5, 0.6) is 0 Å². The van der Waals surface area contributed by atoms with Crippen molar-refractivity contribution in [3.63, 3.8) is 0 Å². The summed E-state index contributed by atoms with van der Waals surface area (Å²) in [6, 6.07) is 13.3. The fourth-order valence-electron chi connectivity index (χ4n) is 2.01. The normalized spacial score (nSPS) is 11.0. The molecule has 0 aromatic heterocycles. The number of amides is 2. The molecule has 10 heteroatoms. The zero-order chi connectivity index (χ0) is 20.7. The van der Waals surface area contributed by atoms with E-state index in [-0.39, 0.29) is 10.5 Å². The molecule has 148 valence electrons. The molecule has 2 N–H and O–H groups in total. The minimum Gasteiger partial charge on any atom is -0.452 e. The van der Waals surface area contributed by atoms with E-state index in [9.17, 15) is 22.8 Å². The van der Waals surface area contributed by atoms with Crippen molar-refractivity contribution >= 4 is 27.8 Å². The van der Waals surface area contributed by atoms with Gasteiger partial charge in [-0.15, -0.1) is 0 Å². The Bertz CT molecular complexity index is 957. The van der Waals surface area contributed by atoms with E-state index in [1.165, 1.54) is 38.4 Å². The first-order valence-corrected chi connectivity index (χ1v) is 9.50. The van der Waals surface area contributed by atoms with E-state index in [0.717, 1.165) is 4.31 Å². The number of rotatable bonds is 6. The first-order chi connectivity index (χ1) is 13.2. The molecule has 2 amide bonds. The molecule has 2 aromatic carbocycles. The third kappa shape index (κ3) is 5.38. The van der Waals surface area contributed by atoms with Gasteiger partial charge in [0.2, 0.25) is 10.0 Å². The molecule has 0 unspecified atom stereocenters. The van der Waals surface area contributed by atoms with Crippen LogP contribution in [0.15, 0.2) is 59.5 Å². The second-order valence-corrected chi connectivity index (χ2v) is 7.91. The van der Waals surface area contributed by atoms with Crippen LogP contribution in [0.4, 0.5) is 0 Å². The molecule has 9 nitrogen and oxygen atoms in total. The molecule has 0 saturated heterocycles. The molecular formula is C18H19N3O6S. The number of esters is 1. The van der Waals surface area contributed by atoms with Crippen molar-refractivity contribution in [1.82, 2.24) is 15.2 Å². The SMILES string of the molecule is CN(C)S(=O)(=O)c1ccc(C(=O)OCC(=O)NNC(=O)c2ccccc2)cc1. The standard InChI is InChI=1S/C18H19N3O6S/c1-21(2)28(25,26)15-10-8-14(9-11-15)18(24)27-12-16(22)19-20-17(23)13-6-4-3-5-7-13/h3-11H,12H2,1-2H3,(H,19,22)(H,20,23). The lowest BCUT2D eigenvalue weighted by atomic mass is 10.2. The zero-order valence-electron chi connectivity index (χ0n) is 15.2. The maximum absolute atomic E-state index is 12.0. The van der Waals surface area contributed by atoms with E-state index >= 15 is 0 Å². The number of hydrazine groups is 1. The smallest absolute Gasteiger partial charge is 0.338 e. The number of nitrogens with zero attached hydrogens (tertiary/aromatic N) is 1. The molecule has 0 bridgehead atoms. The van der Waals surface area contributed by atoms with Gasteiger partial charge in [-0.05, 0) is 36.4 Å². The van der Waals surface area contributed by atoms with Crippen LogP contribution in [0.3, 0.4) is 0 Å². The maximum Gasteiger partial charge on any atom is 0.338 e. The molecule has 0 fully saturated rings. The maximum atomic E-state index is 12.0. The van der Waals surface area contributed by atoms with Crippen LogP contribution >= 0.6 is 0 Å². The van der Waals surface area contributed by atoms with Crippen LogP contribution in [0.1, 0.15) is 20.7 Å². The largest absolute Gasteiger partial charge is 0.452 e. The minimum absolute atomic E-state index is 0.0235. The van der Waals surface area contributed by atoms with Gasteiger partial charge < -0.3 is 4.74 Å². The summed E-state index contributed by atoms with van der Waals surface area (Å²) in [6.45, 7) is -0.619. The Kier molecular flexibility index (Phi) is 6.85. The van der Waals surface area contributed by atoms with Crippen molar-refractivity contribution in [2.75, 3.05) is 20.7 Å². The summed E-state index contributed by atoms with van der Waals surface area (Å²) in [5, 5.41) is 0. The molecule has 0 aliphatic carbocycles. The summed E-state index contributed by atoms with van der Waals surface area (Å²) in [5.41, 5.74) is 4.76. The number of hydrogen-bond donors (Lipinski definition) is 2. The van der Waals surface area contributed by atoms with Crippen molar-refractivity contribution in [2.45, 2.75) is 4.90 Å². The van der Waals surface area contributed by atoms with Crippen LogP contribution < -0.4 is 10.9 Å². The second-order valence-electron chi connectivity index (χ2n) is 5.76. The molecule has 0 radical (unpaired) electrons. The van der Waals surface area contributed by atoms with Gasteiger partial charge in [0, 0.05) is 19.7 Å². The lowest BCUT2D eigenvalue weighted by molar-refractivity contribution is -0.125. The Hall–Kier alpha value is -3.24. The average molecular weight is 405 g/mol. The molecule has 0 aliphatic heterocycles. The molecule has 0 atom stereocenters. The number of sulfonamides is 1. The molecule has 0 aliphatic rings. The molecule has 0 spiro atoms. The van der Waals surface area contributed by atoms with Gasteiger partial charge in [-0.3, -0.25) is 20.4 Å². The van der Waals surface area contributed by atoms with E-state index in [1.54, 1.807) is 30.3 Å². The van der Waals surface area contributed by atoms with Gasteiger partial charge in [-0.25, -0.2) is 17.5 Å². The number of nitrogens with one attached hydrogen (secondary N) is 2. The van der Waals surface area contributed by atoms with E-state index in [1.807, 2.05) is 0 Å². The molecule has 2 aromatic rings. The molecule has 0 heterocycles. The van der Waals surface area contributed by atoms with Crippen LogP contribution in [0.2, 0.25) is 0 Å². The van der Waals surface area contributed by atoms with E-state index < -0.39 is 34.4 Å². The number of carbonyl (C=O) groups is 3. The van der Waals surface area contributed by atoms with Crippen molar-refractivity contribution in [2.24, 2.45) is 0 Å². The third-order valence-electron chi connectivity index (χ3n) is 3.55. The van der Waals surface area contributed by atoms with Gasteiger partial charge in [-0.2, -0.15) is 0 Å². The Morgan fingerprint density at radius 1 is 0.893 bits per heavy atom. The summed E-state index contributed by atoms with van der Waals surface area (Å²) >= 11 is 0. The van der Waals surface area contributed by atoms with Crippen LogP contribution in [-0.2, 0) is 19.6 Å². The summed E-state index contributed by atoms with van der Waals surface area (Å²) in [7, 11) is -0.816. The number of hydrogen-bond acceptors (Lipinski definition) is 6. The summed E-state index contributed by atoms with van der Waals surface area (Å²) < 4.78 is 29.8. The highest BCUT2D eigenvalue weighted by molar-refractivity contribution is 7.89. The molecule has 28 heavy (non-hydrogen) atoms. The van der Waals surface area contributed by atoms with Crippen LogP contribution in [0.25, 0.3) is 0 Å². The number of carbonyl (C=O) groups excluding carboxylic acids is 3. The lowest BCUT2D eigenvalue weighted by Gasteiger charge is -2.11. The van der Waals surface area contributed by atoms with Gasteiger partial charge in [0.1, 0.15) is 0 Å². The van der Waals surface area contributed by atoms with Gasteiger partial charge in [-0.1, -0.05) is 18.2 Å². The van der Waals surface area contributed by atoms with Crippen molar-refractivity contribution in [3.8, 4) is 0 Å². The van der Waals surface area contributed by atoms with Gasteiger partial charge in [0.15, 0.2) is 6.61 Å². The van der Waals surface area contributed by atoms with Gasteiger partial charge >= 0.3 is 5.97 Å². The fourth-order valence-corrected chi connectivity index (χ4v) is 2.91. The van der Waals surface area contributed by atoms with E-state index in [4.69, 9.17) is 4.74 Å². The highest BCUT2D eigenvalue weighted by Gasteiger charge is 2.18. The van der Waals surface area contributed by atoms with E-state index in [0.29, 0.717) is 5.56 Å². The second kappa shape index (κ2) is 9.11. The van der Waals surface area contributed by atoms with Crippen molar-refractivity contribution in [3.05, 3.63) is 65.7 Å². The Labute approximate surface area is 162 Å². The van der Waals surface area contributed by atoms with Crippen LogP contribution in [-0.4, -0.2) is 51.2 Å². The van der Waals surface area contributed by atoms with Crippen molar-refractivity contribution in [1.29, 1.82) is 0 Å². The molecule has 0 saturated carbocycles. The van der Waals surface area contributed by atoms with Gasteiger partial charge in [0.25, 0.3) is 11.8 Å². The Morgan fingerprint density at radius 3 is 2.07 bits per heavy atom. The third-order valence-corrected chi connectivity index (χ3v) is 5.38. The summed E-state index contributed by atoms with van der Waals surface area (Å²) in [4.78, 5) is 35.4. The predicted octanol–water partition coefficient (Wildman–Crippen LogP) is 0.555. The monoisotopic (exact) mass is 405 g/mol. The predicted molar refractivity (Wildman–Crippen MR) is 99.6 cm³/mol. The Balaban J connectivity index is 1.85. The van der Waals surface area contributed by atoms with Gasteiger partial charge in [0.05, 0.1) is 10.5 Å². The molecular weight excluding hydrogens is 386 g/mol. The van der Waals surface area contributed by atoms with E-state index in [2.05, 4.69) is 10.9 Å². The first-order valence-electron chi connectivity index (χ1n) is 8.06. The first kappa shape index (κ1) is 21.1. The quantitative estimate of drug-likeness (QED) is 0.535. The highest BCUT2D eigenvalue weighted by atomic mass is 32.2.